The standard InChI is InChI=1S/C23H28ClNOS2/c1-16-6-5-7-17(2)23(16)25-22(26)15-28-21-9-4-3-8-20(21)27-14-18-10-12-19(24)13-11-18/h5-7,10-13,20-21H,3-4,8-9,14-15H2,1-2H3,(H,25,26)/t20-,21-/m1/s1. The van der Waals surface area contributed by atoms with E-state index in [1.54, 1.807) is 0 Å². The van der Waals surface area contributed by atoms with Crippen molar-refractivity contribution in [2.24, 2.45) is 0 Å². The van der Waals surface area contributed by atoms with E-state index in [1.165, 1.54) is 31.2 Å². The van der Waals surface area contributed by atoms with Gasteiger partial charge in [-0.2, -0.15) is 11.8 Å². The average molecular weight is 434 g/mol. The van der Waals surface area contributed by atoms with E-state index in [0.717, 1.165) is 27.6 Å². The molecule has 2 aromatic carbocycles. The molecule has 0 bridgehead atoms. The van der Waals surface area contributed by atoms with Crippen molar-refractivity contribution in [2.75, 3.05) is 11.1 Å². The summed E-state index contributed by atoms with van der Waals surface area (Å²) in [5.74, 6) is 1.64. The maximum Gasteiger partial charge on any atom is 0.234 e. The summed E-state index contributed by atoms with van der Waals surface area (Å²) in [6.07, 6.45) is 5.02. The van der Waals surface area contributed by atoms with Crippen LogP contribution in [0.25, 0.3) is 0 Å². The van der Waals surface area contributed by atoms with E-state index in [2.05, 4.69) is 17.4 Å². The van der Waals surface area contributed by atoms with Crippen molar-refractivity contribution in [1.29, 1.82) is 0 Å². The molecule has 0 unspecified atom stereocenters. The lowest BCUT2D eigenvalue weighted by Gasteiger charge is -2.30. The summed E-state index contributed by atoms with van der Waals surface area (Å²) in [5, 5.41) is 5.07. The SMILES string of the molecule is Cc1cccc(C)c1NC(=O)CS[C@@H]1CCCC[C@H]1SCc1ccc(Cl)cc1. The van der Waals surface area contributed by atoms with Gasteiger partial charge in [-0.15, -0.1) is 11.8 Å². The first-order chi connectivity index (χ1) is 13.5. The highest BCUT2D eigenvalue weighted by atomic mass is 35.5. The molecule has 1 fully saturated rings. The third-order valence-electron chi connectivity index (χ3n) is 5.19. The lowest BCUT2D eigenvalue weighted by molar-refractivity contribution is -0.113. The largest absolute Gasteiger partial charge is 0.325 e. The van der Waals surface area contributed by atoms with Gasteiger partial charge >= 0.3 is 0 Å². The first kappa shape index (κ1) is 21.6. The zero-order chi connectivity index (χ0) is 19.9. The lowest BCUT2D eigenvalue weighted by atomic mass is 10.00. The number of thioether (sulfide) groups is 2. The van der Waals surface area contributed by atoms with E-state index >= 15 is 0 Å². The molecule has 2 aromatic rings. The number of carbonyl (C=O) groups is 1. The van der Waals surface area contributed by atoms with Gasteiger partial charge in [-0.05, 0) is 55.5 Å². The fourth-order valence-electron chi connectivity index (χ4n) is 3.60. The Labute approximate surface area is 182 Å². The van der Waals surface area contributed by atoms with Crippen LogP contribution in [0, 0.1) is 13.8 Å². The molecule has 3 rings (SSSR count). The molecule has 28 heavy (non-hydrogen) atoms. The summed E-state index contributed by atoms with van der Waals surface area (Å²) in [6, 6.07) is 14.3. The molecule has 150 valence electrons. The van der Waals surface area contributed by atoms with E-state index < -0.39 is 0 Å². The van der Waals surface area contributed by atoms with Gasteiger partial charge < -0.3 is 5.32 Å². The molecule has 2 atom stereocenters. The van der Waals surface area contributed by atoms with E-state index in [4.69, 9.17) is 11.6 Å². The van der Waals surface area contributed by atoms with Gasteiger partial charge in [-0.3, -0.25) is 4.79 Å². The zero-order valence-corrected chi connectivity index (χ0v) is 18.9. The maximum atomic E-state index is 12.5. The highest BCUT2D eigenvalue weighted by molar-refractivity contribution is 8.03. The summed E-state index contributed by atoms with van der Waals surface area (Å²) >= 11 is 9.84. The Morgan fingerprint density at radius 3 is 2.25 bits per heavy atom. The molecule has 2 nitrogen and oxygen atoms in total. The summed E-state index contributed by atoms with van der Waals surface area (Å²) < 4.78 is 0. The molecule has 1 aliphatic rings. The average Bonchev–Trinajstić information content (AvgIpc) is 2.69. The van der Waals surface area contributed by atoms with Crippen LogP contribution < -0.4 is 5.32 Å². The Morgan fingerprint density at radius 1 is 1.00 bits per heavy atom. The molecule has 1 saturated carbocycles. The third-order valence-corrected chi connectivity index (χ3v) is 8.53. The quantitative estimate of drug-likeness (QED) is 0.516. The molecule has 0 spiro atoms. The predicted octanol–water partition coefficient (Wildman–Crippen LogP) is 6.87. The summed E-state index contributed by atoms with van der Waals surface area (Å²) in [6.45, 7) is 4.08. The summed E-state index contributed by atoms with van der Waals surface area (Å²) in [7, 11) is 0. The predicted molar refractivity (Wildman–Crippen MR) is 126 cm³/mol. The Hall–Kier alpha value is -1.10. The zero-order valence-electron chi connectivity index (χ0n) is 16.5. The number of anilines is 1. The van der Waals surface area contributed by atoms with E-state index in [9.17, 15) is 4.79 Å². The van der Waals surface area contributed by atoms with Crippen LogP contribution in [0.1, 0.15) is 42.4 Å². The molecule has 1 aliphatic carbocycles. The van der Waals surface area contributed by atoms with Crippen LogP contribution in [0.3, 0.4) is 0 Å². The van der Waals surface area contributed by atoms with Gasteiger partial charge in [0.05, 0.1) is 5.75 Å². The van der Waals surface area contributed by atoms with Crippen LogP contribution in [-0.4, -0.2) is 22.2 Å². The minimum Gasteiger partial charge on any atom is -0.325 e. The summed E-state index contributed by atoms with van der Waals surface area (Å²) in [5.41, 5.74) is 4.52. The fraction of sp³-hybridized carbons (Fsp3) is 0.435. The monoisotopic (exact) mass is 433 g/mol. The molecule has 0 radical (unpaired) electrons. The molecule has 0 aliphatic heterocycles. The number of aryl methyl sites for hydroxylation is 2. The number of rotatable bonds is 7. The van der Waals surface area contributed by atoms with E-state index in [1.807, 2.05) is 67.7 Å². The number of carbonyl (C=O) groups excluding carboxylic acids is 1. The second-order valence-electron chi connectivity index (χ2n) is 7.42. The molecule has 0 heterocycles. The molecular weight excluding hydrogens is 406 g/mol. The molecule has 5 heteroatoms. The van der Waals surface area contributed by atoms with Gasteiger partial charge in [-0.1, -0.05) is 54.8 Å². The van der Waals surface area contributed by atoms with Gasteiger partial charge in [0.25, 0.3) is 0 Å². The smallest absolute Gasteiger partial charge is 0.234 e. The first-order valence-electron chi connectivity index (χ1n) is 9.86. The van der Waals surface area contributed by atoms with Gasteiger partial charge in [-0.25, -0.2) is 0 Å². The Bertz CT molecular complexity index is 773. The van der Waals surface area contributed by atoms with Gasteiger partial charge in [0.1, 0.15) is 0 Å². The number of amides is 1. The van der Waals surface area contributed by atoms with E-state index in [0.29, 0.717) is 16.3 Å². The number of halogens is 1. The van der Waals surface area contributed by atoms with Gasteiger partial charge in [0, 0.05) is 27.0 Å². The highest BCUT2D eigenvalue weighted by Gasteiger charge is 2.26. The molecule has 1 N–H and O–H groups in total. The van der Waals surface area contributed by atoms with Gasteiger partial charge in [0.2, 0.25) is 5.91 Å². The Kier molecular flexibility index (Phi) is 8.19. The number of para-hydroxylation sites is 1. The third kappa shape index (κ3) is 6.20. The van der Waals surface area contributed by atoms with Gasteiger partial charge in [0.15, 0.2) is 0 Å². The normalized spacial score (nSPS) is 19.4. The number of hydrogen-bond acceptors (Lipinski definition) is 3. The van der Waals surface area contributed by atoms with Crippen LogP contribution in [-0.2, 0) is 10.5 Å². The van der Waals surface area contributed by atoms with Crippen molar-refractivity contribution in [3.63, 3.8) is 0 Å². The van der Waals surface area contributed by atoms with Crippen LogP contribution in [0.5, 0.6) is 0 Å². The lowest BCUT2D eigenvalue weighted by Crippen LogP contribution is -2.27. The number of benzene rings is 2. The number of nitrogens with one attached hydrogen (secondary N) is 1. The van der Waals surface area contributed by atoms with Crippen LogP contribution in [0.4, 0.5) is 5.69 Å². The first-order valence-corrected chi connectivity index (χ1v) is 12.3. The Morgan fingerprint density at radius 2 is 1.61 bits per heavy atom. The molecule has 0 saturated heterocycles. The van der Waals surface area contributed by atoms with Crippen molar-refractivity contribution < 1.29 is 4.79 Å². The fourth-order valence-corrected chi connectivity index (χ4v) is 6.60. The van der Waals surface area contributed by atoms with Crippen molar-refractivity contribution in [1.82, 2.24) is 0 Å². The molecule has 0 aromatic heterocycles. The van der Waals surface area contributed by atoms with Crippen LogP contribution in [0.2, 0.25) is 5.02 Å². The summed E-state index contributed by atoms with van der Waals surface area (Å²) in [4.78, 5) is 12.5. The minimum atomic E-state index is 0.106. The van der Waals surface area contributed by atoms with Crippen molar-refractivity contribution in [2.45, 2.75) is 55.8 Å². The van der Waals surface area contributed by atoms with Crippen molar-refractivity contribution in [3.05, 3.63) is 64.2 Å². The molecule has 1 amide bonds. The highest BCUT2D eigenvalue weighted by Crippen LogP contribution is 2.37. The maximum absolute atomic E-state index is 12.5. The minimum absolute atomic E-state index is 0.106. The topological polar surface area (TPSA) is 29.1 Å². The van der Waals surface area contributed by atoms with Crippen molar-refractivity contribution in [3.8, 4) is 0 Å². The molecular formula is C23H28ClNOS2. The number of hydrogen-bond donors (Lipinski definition) is 1. The van der Waals surface area contributed by atoms with E-state index in [-0.39, 0.29) is 5.91 Å². The second kappa shape index (κ2) is 10.6. The Balaban J connectivity index is 1.51. The van der Waals surface area contributed by atoms with Crippen LogP contribution in [0.15, 0.2) is 42.5 Å². The van der Waals surface area contributed by atoms with Crippen molar-refractivity contribution >= 4 is 46.7 Å². The second-order valence-corrected chi connectivity index (χ2v) is 10.3. The van der Waals surface area contributed by atoms with Crippen LogP contribution >= 0.6 is 35.1 Å².